The van der Waals surface area contributed by atoms with Crippen molar-refractivity contribution in [3.8, 4) is 0 Å². The summed E-state index contributed by atoms with van der Waals surface area (Å²) in [6.45, 7) is 8.59. The summed E-state index contributed by atoms with van der Waals surface area (Å²) in [5.41, 5.74) is 7.46. The quantitative estimate of drug-likeness (QED) is 0.857. The zero-order chi connectivity index (χ0) is 15.4. The molecule has 1 unspecified atom stereocenters. The van der Waals surface area contributed by atoms with Gasteiger partial charge < -0.3 is 15.7 Å². The van der Waals surface area contributed by atoms with Crippen LogP contribution in [-0.4, -0.2) is 54.7 Å². The van der Waals surface area contributed by atoms with Gasteiger partial charge in [-0.25, -0.2) is 0 Å². The fraction of sp³-hybridized carbons (Fsp3) is 0.562. The van der Waals surface area contributed by atoms with Crippen molar-refractivity contribution in [3.05, 3.63) is 29.8 Å². The SMILES string of the molecule is CC(C)N1CCN(c2cccc(C(CN)C(=O)O)c2)CC1. The lowest BCUT2D eigenvalue weighted by atomic mass is 9.98. The molecule has 1 aliphatic heterocycles. The molecule has 1 atom stereocenters. The topological polar surface area (TPSA) is 69.8 Å². The van der Waals surface area contributed by atoms with Crippen LogP contribution in [0.15, 0.2) is 24.3 Å². The van der Waals surface area contributed by atoms with Gasteiger partial charge in [0.25, 0.3) is 0 Å². The third kappa shape index (κ3) is 3.74. The zero-order valence-corrected chi connectivity index (χ0v) is 12.8. The van der Waals surface area contributed by atoms with Gasteiger partial charge in [-0.15, -0.1) is 0 Å². The predicted molar refractivity (Wildman–Crippen MR) is 84.8 cm³/mol. The van der Waals surface area contributed by atoms with Gasteiger partial charge in [0.15, 0.2) is 0 Å². The van der Waals surface area contributed by atoms with Crippen molar-refractivity contribution in [2.24, 2.45) is 5.73 Å². The number of hydrogen-bond acceptors (Lipinski definition) is 4. The van der Waals surface area contributed by atoms with Gasteiger partial charge in [-0.3, -0.25) is 9.69 Å². The number of nitrogens with zero attached hydrogens (tertiary/aromatic N) is 2. The standard InChI is InChI=1S/C16H25N3O2/c1-12(2)18-6-8-19(9-7-18)14-5-3-4-13(10-14)15(11-17)16(20)21/h3-5,10,12,15H,6-9,11,17H2,1-2H3,(H,20,21). The zero-order valence-electron chi connectivity index (χ0n) is 12.8. The van der Waals surface area contributed by atoms with E-state index in [-0.39, 0.29) is 6.54 Å². The maximum atomic E-state index is 11.2. The first-order valence-electron chi connectivity index (χ1n) is 7.54. The van der Waals surface area contributed by atoms with Crippen LogP contribution in [0.1, 0.15) is 25.3 Å². The summed E-state index contributed by atoms with van der Waals surface area (Å²) in [4.78, 5) is 16.0. The number of carboxylic acid groups (broad SMARTS) is 1. The molecule has 0 bridgehead atoms. The van der Waals surface area contributed by atoms with Crippen molar-refractivity contribution in [2.75, 3.05) is 37.6 Å². The summed E-state index contributed by atoms with van der Waals surface area (Å²) in [5, 5.41) is 9.22. The van der Waals surface area contributed by atoms with E-state index >= 15 is 0 Å². The molecule has 0 spiro atoms. The normalized spacial score (nSPS) is 18.0. The van der Waals surface area contributed by atoms with E-state index < -0.39 is 11.9 Å². The van der Waals surface area contributed by atoms with Gasteiger partial charge in [0.05, 0.1) is 5.92 Å². The average Bonchev–Trinajstić information content (AvgIpc) is 2.48. The molecule has 0 amide bonds. The Kier molecular flexibility index (Phi) is 5.20. The smallest absolute Gasteiger partial charge is 0.312 e. The maximum Gasteiger partial charge on any atom is 0.312 e. The number of aliphatic carboxylic acids is 1. The number of nitrogens with two attached hydrogens (primary N) is 1. The van der Waals surface area contributed by atoms with E-state index in [9.17, 15) is 9.90 Å². The minimum Gasteiger partial charge on any atom is -0.481 e. The molecule has 1 aliphatic rings. The molecular weight excluding hydrogens is 266 g/mol. The van der Waals surface area contributed by atoms with Gasteiger partial charge in [-0.2, -0.15) is 0 Å². The molecule has 1 saturated heterocycles. The van der Waals surface area contributed by atoms with E-state index in [4.69, 9.17) is 5.73 Å². The number of rotatable bonds is 5. The Morgan fingerprint density at radius 3 is 2.48 bits per heavy atom. The first-order valence-corrected chi connectivity index (χ1v) is 7.54. The highest BCUT2D eigenvalue weighted by atomic mass is 16.4. The Balaban J connectivity index is 2.10. The molecule has 0 saturated carbocycles. The summed E-state index contributed by atoms with van der Waals surface area (Å²) < 4.78 is 0. The monoisotopic (exact) mass is 291 g/mol. The van der Waals surface area contributed by atoms with Gasteiger partial charge in [0.2, 0.25) is 0 Å². The molecule has 3 N–H and O–H groups in total. The van der Waals surface area contributed by atoms with Crippen molar-refractivity contribution < 1.29 is 9.90 Å². The second-order valence-corrected chi connectivity index (χ2v) is 5.84. The van der Waals surface area contributed by atoms with E-state index in [1.54, 1.807) is 0 Å². The Labute approximate surface area is 126 Å². The lowest BCUT2D eigenvalue weighted by molar-refractivity contribution is -0.138. The van der Waals surface area contributed by atoms with Crippen molar-refractivity contribution in [3.63, 3.8) is 0 Å². The largest absolute Gasteiger partial charge is 0.481 e. The van der Waals surface area contributed by atoms with Gasteiger partial charge in [0.1, 0.15) is 0 Å². The van der Waals surface area contributed by atoms with E-state index in [0.29, 0.717) is 6.04 Å². The van der Waals surface area contributed by atoms with E-state index in [0.717, 1.165) is 37.4 Å². The van der Waals surface area contributed by atoms with Crippen LogP contribution >= 0.6 is 0 Å². The molecule has 1 aromatic rings. The summed E-state index contributed by atoms with van der Waals surface area (Å²) in [7, 11) is 0. The predicted octanol–water partition coefficient (Wildman–Crippen LogP) is 1.34. The van der Waals surface area contributed by atoms with Gasteiger partial charge in [0, 0.05) is 44.5 Å². The van der Waals surface area contributed by atoms with Crippen LogP contribution < -0.4 is 10.6 Å². The molecule has 5 nitrogen and oxygen atoms in total. The summed E-state index contributed by atoms with van der Waals surface area (Å²) in [6, 6.07) is 8.36. The van der Waals surface area contributed by atoms with Crippen LogP contribution in [0.4, 0.5) is 5.69 Å². The molecule has 116 valence electrons. The van der Waals surface area contributed by atoms with Crippen molar-refractivity contribution in [2.45, 2.75) is 25.8 Å². The first-order chi connectivity index (χ1) is 10.0. The number of carbonyl (C=O) groups is 1. The van der Waals surface area contributed by atoms with E-state index in [1.807, 2.05) is 24.3 Å². The molecule has 0 aliphatic carbocycles. The third-order valence-corrected chi connectivity index (χ3v) is 4.22. The highest BCUT2D eigenvalue weighted by molar-refractivity contribution is 5.77. The number of benzene rings is 1. The fourth-order valence-electron chi connectivity index (χ4n) is 2.81. The van der Waals surface area contributed by atoms with Gasteiger partial charge >= 0.3 is 5.97 Å². The fourth-order valence-corrected chi connectivity index (χ4v) is 2.81. The number of piperazine rings is 1. The summed E-state index contributed by atoms with van der Waals surface area (Å²) in [6.07, 6.45) is 0. The lowest BCUT2D eigenvalue weighted by Gasteiger charge is -2.38. The minimum atomic E-state index is -0.862. The molecular formula is C16H25N3O2. The van der Waals surface area contributed by atoms with Crippen LogP contribution in [-0.2, 0) is 4.79 Å². The van der Waals surface area contributed by atoms with E-state index in [2.05, 4.69) is 23.6 Å². The average molecular weight is 291 g/mol. The van der Waals surface area contributed by atoms with Crippen molar-refractivity contribution in [1.29, 1.82) is 0 Å². The third-order valence-electron chi connectivity index (χ3n) is 4.22. The number of carboxylic acids is 1. The van der Waals surface area contributed by atoms with Gasteiger partial charge in [-0.05, 0) is 31.5 Å². The van der Waals surface area contributed by atoms with E-state index in [1.165, 1.54) is 0 Å². The Hall–Kier alpha value is -1.59. The van der Waals surface area contributed by atoms with Crippen LogP contribution in [0, 0.1) is 0 Å². The Bertz CT molecular complexity index is 482. The maximum absolute atomic E-state index is 11.2. The van der Waals surface area contributed by atoms with Crippen LogP contribution in [0.25, 0.3) is 0 Å². The van der Waals surface area contributed by atoms with Crippen LogP contribution in [0.2, 0.25) is 0 Å². The number of hydrogen-bond donors (Lipinski definition) is 2. The molecule has 1 heterocycles. The molecule has 2 rings (SSSR count). The summed E-state index contributed by atoms with van der Waals surface area (Å²) in [5.74, 6) is -1.49. The Morgan fingerprint density at radius 1 is 1.29 bits per heavy atom. The lowest BCUT2D eigenvalue weighted by Crippen LogP contribution is -2.48. The molecule has 1 aromatic carbocycles. The number of anilines is 1. The molecule has 0 aromatic heterocycles. The Morgan fingerprint density at radius 2 is 1.95 bits per heavy atom. The second kappa shape index (κ2) is 6.91. The molecule has 21 heavy (non-hydrogen) atoms. The molecule has 5 heteroatoms. The van der Waals surface area contributed by atoms with Crippen molar-refractivity contribution >= 4 is 11.7 Å². The second-order valence-electron chi connectivity index (χ2n) is 5.84. The summed E-state index contributed by atoms with van der Waals surface area (Å²) >= 11 is 0. The highest BCUT2D eigenvalue weighted by Gasteiger charge is 2.21. The van der Waals surface area contributed by atoms with Gasteiger partial charge in [-0.1, -0.05) is 12.1 Å². The van der Waals surface area contributed by atoms with Crippen molar-refractivity contribution in [1.82, 2.24) is 4.90 Å². The first kappa shape index (κ1) is 15.8. The molecule has 0 radical (unpaired) electrons. The van der Waals surface area contributed by atoms with Crippen LogP contribution in [0.3, 0.4) is 0 Å². The van der Waals surface area contributed by atoms with Crippen LogP contribution in [0.5, 0.6) is 0 Å². The molecule has 1 fully saturated rings. The highest BCUT2D eigenvalue weighted by Crippen LogP contribution is 2.23. The minimum absolute atomic E-state index is 0.125.